The van der Waals surface area contributed by atoms with Crippen LogP contribution in [0.15, 0.2) is 212 Å². The molecule has 61 heavy (non-hydrogen) atoms. The lowest BCUT2D eigenvalue weighted by Crippen LogP contribution is -2.17. The SMILES string of the molecule is CC1(C)c2ccccc2-c2ccc(N(c3ccc(-c4cc5ccccc5c5ccccc45)cc3)c3ccc4sc5ccccc5c4c3-c3cccc(-c4ccccc4)c3)cc21. The van der Waals surface area contributed by atoms with Crippen LogP contribution in [0, 0.1) is 0 Å². The van der Waals surface area contributed by atoms with Crippen molar-refractivity contribution in [3.05, 3.63) is 223 Å². The molecule has 288 valence electrons. The van der Waals surface area contributed by atoms with E-state index in [1.54, 1.807) is 0 Å². The fraction of sp³-hybridized carbons (Fsp3) is 0.0508. The Labute approximate surface area is 360 Å². The summed E-state index contributed by atoms with van der Waals surface area (Å²) < 4.78 is 2.58. The Balaban J connectivity index is 1.11. The largest absolute Gasteiger partial charge is 0.310 e. The Bertz CT molecular complexity index is 3500. The maximum absolute atomic E-state index is 2.51. The van der Waals surface area contributed by atoms with Crippen molar-refractivity contribution >= 4 is 70.1 Å². The highest BCUT2D eigenvalue weighted by Gasteiger charge is 2.36. The highest BCUT2D eigenvalue weighted by atomic mass is 32.1. The van der Waals surface area contributed by atoms with Gasteiger partial charge in [0.05, 0.1) is 5.69 Å². The summed E-state index contributed by atoms with van der Waals surface area (Å²) in [6.45, 7) is 4.75. The molecular weight excluding hydrogens is 755 g/mol. The number of hydrogen-bond acceptors (Lipinski definition) is 2. The quantitative estimate of drug-likeness (QED) is 0.152. The second-order valence-corrected chi connectivity index (χ2v) is 17.9. The van der Waals surface area contributed by atoms with Gasteiger partial charge in [0.2, 0.25) is 0 Å². The number of hydrogen-bond donors (Lipinski definition) is 0. The summed E-state index contributed by atoms with van der Waals surface area (Å²) in [5.74, 6) is 0. The average Bonchev–Trinajstić information content (AvgIpc) is 3.81. The van der Waals surface area contributed by atoms with Gasteiger partial charge in [0.25, 0.3) is 0 Å². The monoisotopic (exact) mass is 795 g/mol. The molecule has 1 aliphatic carbocycles. The first-order valence-electron chi connectivity index (χ1n) is 21.2. The van der Waals surface area contributed by atoms with Gasteiger partial charge in [-0.05, 0) is 126 Å². The second kappa shape index (κ2) is 13.9. The Hall–Kier alpha value is -7.26. The molecule has 0 spiro atoms. The van der Waals surface area contributed by atoms with Crippen LogP contribution >= 0.6 is 11.3 Å². The fourth-order valence-electron chi connectivity index (χ4n) is 10.1. The zero-order valence-electron chi connectivity index (χ0n) is 34.1. The highest BCUT2D eigenvalue weighted by molar-refractivity contribution is 7.26. The van der Waals surface area contributed by atoms with Gasteiger partial charge >= 0.3 is 0 Å². The molecule has 0 amide bonds. The Morgan fingerprint density at radius 1 is 0.377 bits per heavy atom. The highest BCUT2D eigenvalue weighted by Crippen LogP contribution is 2.53. The molecular formula is C59H41NS. The molecule has 0 bridgehead atoms. The summed E-state index contributed by atoms with van der Waals surface area (Å²) in [6.07, 6.45) is 0. The summed E-state index contributed by atoms with van der Waals surface area (Å²) in [5.41, 5.74) is 15.9. The van der Waals surface area contributed by atoms with Gasteiger partial charge in [-0.3, -0.25) is 0 Å². The van der Waals surface area contributed by atoms with E-state index >= 15 is 0 Å². The summed E-state index contributed by atoms with van der Waals surface area (Å²) in [7, 11) is 0. The topological polar surface area (TPSA) is 3.24 Å². The summed E-state index contributed by atoms with van der Waals surface area (Å²) in [6, 6.07) is 78.8. The van der Waals surface area contributed by atoms with Crippen LogP contribution < -0.4 is 4.90 Å². The minimum absolute atomic E-state index is 0.144. The van der Waals surface area contributed by atoms with Gasteiger partial charge in [-0.15, -0.1) is 11.3 Å². The Morgan fingerprint density at radius 3 is 1.89 bits per heavy atom. The van der Waals surface area contributed by atoms with Crippen molar-refractivity contribution in [2.45, 2.75) is 19.3 Å². The third-order valence-electron chi connectivity index (χ3n) is 13.1. The summed E-state index contributed by atoms with van der Waals surface area (Å²) in [5, 5.41) is 7.66. The van der Waals surface area contributed by atoms with Crippen LogP contribution in [0.3, 0.4) is 0 Å². The van der Waals surface area contributed by atoms with Crippen molar-refractivity contribution in [1.29, 1.82) is 0 Å². The van der Waals surface area contributed by atoms with E-state index in [9.17, 15) is 0 Å². The number of anilines is 3. The van der Waals surface area contributed by atoms with E-state index < -0.39 is 0 Å². The number of rotatable bonds is 6. The first-order valence-corrected chi connectivity index (χ1v) is 22.0. The van der Waals surface area contributed by atoms with E-state index in [1.165, 1.54) is 97.4 Å². The van der Waals surface area contributed by atoms with E-state index in [1.807, 2.05) is 11.3 Å². The van der Waals surface area contributed by atoms with E-state index in [4.69, 9.17) is 0 Å². The summed E-state index contributed by atoms with van der Waals surface area (Å²) in [4.78, 5) is 2.51. The first kappa shape index (κ1) is 35.7. The van der Waals surface area contributed by atoms with E-state index in [0.29, 0.717) is 0 Å². The minimum atomic E-state index is -0.144. The van der Waals surface area contributed by atoms with Crippen molar-refractivity contribution < 1.29 is 0 Å². The minimum Gasteiger partial charge on any atom is -0.310 e. The van der Waals surface area contributed by atoms with Crippen molar-refractivity contribution in [3.63, 3.8) is 0 Å². The van der Waals surface area contributed by atoms with Crippen LogP contribution in [0.2, 0.25) is 0 Å². The number of fused-ring (bicyclic) bond motifs is 9. The molecule has 1 aliphatic rings. The van der Waals surface area contributed by atoms with Crippen molar-refractivity contribution in [2.24, 2.45) is 0 Å². The lowest BCUT2D eigenvalue weighted by Gasteiger charge is -2.30. The average molecular weight is 796 g/mol. The van der Waals surface area contributed by atoms with Crippen LogP contribution in [-0.2, 0) is 5.41 Å². The molecule has 12 rings (SSSR count). The van der Waals surface area contributed by atoms with E-state index in [0.717, 1.165) is 17.1 Å². The van der Waals surface area contributed by atoms with Crippen molar-refractivity contribution in [2.75, 3.05) is 4.90 Å². The van der Waals surface area contributed by atoms with Crippen LogP contribution in [-0.4, -0.2) is 0 Å². The molecule has 10 aromatic carbocycles. The van der Waals surface area contributed by atoms with Crippen LogP contribution in [0.4, 0.5) is 17.1 Å². The second-order valence-electron chi connectivity index (χ2n) is 16.9. The van der Waals surface area contributed by atoms with Crippen LogP contribution in [0.5, 0.6) is 0 Å². The molecule has 0 N–H and O–H groups in total. The van der Waals surface area contributed by atoms with Gasteiger partial charge in [-0.25, -0.2) is 0 Å². The number of benzene rings is 10. The van der Waals surface area contributed by atoms with Crippen LogP contribution in [0.25, 0.3) is 86.2 Å². The van der Waals surface area contributed by atoms with Gasteiger partial charge in [0, 0.05) is 42.5 Å². The van der Waals surface area contributed by atoms with Crippen molar-refractivity contribution in [3.8, 4) is 44.5 Å². The molecule has 0 radical (unpaired) electrons. The zero-order valence-corrected chi connectivity index (χ0v) is 34.9. The van der Waals surface area contributed by atoms with E-state index in [-0.39, 0.29) is 5.41 Å². The third-order valence-corrected chi connectivity index (χ3v) is 14.2. The molecule has 1 heterocycles. The van der Waals surface area contributed by atoms with Gasteiger partial charge < -0.3 is 4.90 Å². The molecule has 1 nitrogen and oxygen atoms in total. The maximum atomic E-state index is 2.51. The van der Waals surface area contributed by atoms with Gasteiger partial charge in [-0.1, -0.05) is 172 Å². The van der Waals surface area contributed by atoms with Crippen LogP contribution in [0.1, 0.15) is 25.0 Å². The van der Waals surface area contributed by atoms with Gasteiger partial charge in [0.1, 0.15) is 0 Å². The van der Waals surface area contributed by atoms with Gasteiger partial charge in [0.15, 0.2) is 0 Å². The zero-order chi connectivity index (χ0) is 40.7. The maximum Gasteiger partial charge on any atom is 0.0547 e. The molecule has 2 heteroatoms. The number of thiophene rings is 1. The smallest absolute Gasteiger partial charge is 0.0547 e. The molecule has 1 aromatic heterocycles. The predicted molar refractivity (Wildman–Crippen MR) is 263 cm³/mol. The van der Waals surface area contributed by atoms with E-state index in [2.05, 4.69) is 231 Å². The molecule has 0 aliphatic heterocycles. The normalized spacial score (nSPS) is 12.9. The molecule has 0 saturated heterocycles. The predicted octanol–water partition coefficient (Wildman–Crippen LogP) is 17.1. The molecule has 11 aromatic rings. The molecule has 0 atom stereocenters. The molecule has 0 unspecified atom stereocenters. The van der Waals surface area contributed by atoms with Crippen molar-refractivity contribution in [1.82, 2.24) is 0 Å². The van der Waals surface area contributed by atoms with Gasteiger partial charge in [-0.2, -0.15) is 0 Å². The fourth-order valence-corrected chi connectivity index (χ4v) is 11.2. The Morgan fingerprint density at radius 2 is 1.03 bits per heavy atom. The molecule has 0 fully saturated rings. The standard InChI is InChI=1S/C59H41NS/c1-59(2)52-25-12-10-23-48(52)49-32-31-44(37-53(49)59)60(43-29-27-39(28-30-43)51-36-41-17-6-7-20-45(41)46-21-8-9-22-47(46)51)54-33-34-56-58(50-24-11-13-26-55(50)61-56)57(54)42-19-14-18-40(35-42)38-15-4-3-5-16-38/h3-37H,1-2H3. The number of nitrogens with zero attached hydrogens (tertiary/aromatic N) is 1. The lowest BCUT2D eigenvalue weighted by atomic mass is 9.82. The lowest BCUT2D eigenvalue weighted by molar-refractivity contribution is 0.660. The first-order chi connectivity index (χ1) is 30.0. The Kier molecular flexibility index (Phi) is 8.13. The third kappa shape index (κ3) is 5.67. The molecule has 0 saturated carbocycles. The summed E-state index contributed by atoms with van der Waals surface area (Å²) >= 11 is 1.87.